The molecule has 2 aromatic heterocycles. The van der Waals surface area contributed by atoms with Crippen molar-refractivity contribution in [1.29, 1.82) is 0 Å². The number of benzene rings is 1. The first kappa shape index (κ1) is 22.9. The number of anilines is 1. The number of carbonyl (C=O) groups excluding carboxylic acids is 1. The molecule has 1 atom stereocenters. The number of piperazine rings is 1. The quantitative estimate of drug-likeness (QED) is 0.529. The SMILES string of the molecule is CCCN1CCN(Cc2cccnc2N(C)C)[C@H](Cc2cccc(-c3ccncc3)c2)C1=O. The maximum absolute atomic E-state index is 13.5. The Morgan fingerprint density at radius 2 is 1.82 bits per heavy atom. The molecule has 0 N–H and O–H groups in total. The number of nitrogens with zero attached hydrogens (tertiary/aromatic N) is 5. The van der Waals surface area contributed by atoms with E-state index in [1.165, 1.54) is 5.56 Å². The molecule has 33 heavy (non-hydrogen) atoms. The number of rotatable bonds is 8. The van der Waals surface area contributed by atoms with Crippen LogP contribution in [0.2, 0.25) is 0 Å². The molecule has 172 valence electrons. The monoisotopic (exact) mass is 443 g/mol. The summed E-state index contributed by atoms with van der Waals surface area (Å²) in [5, 5.41) is 0. The highest BCUT2D eigenvalue weighted by molar-refractivity contribution is 5.83. The normalized spacial score (nSPS) is 16.8. The van der Waals surface area contributed by atoms with E-state index < -0.39 is 0 Å². The van der Waals surface area contributed by atoms with Gasteiger partial charge < -0.3 is 9.80 Å². The van der Waals surface area contributed by atoms with Crippen molar-refractivity contribution in [2.75, 3.05) is 38.6 Å². The Bertz CT molecular complexity index is 1070. The van der Waals surface area contributed by atoms with Crippen LogP contribution in [0.15, 0.2) is 67.1 Å². The molecule has 0 bridgehead atoms. The van der Waals surface area contributed by atoms with Gasteiger partial charge in [-0.25, -0.2) is 4.98 Å². The van der Waals surface area contributed by atoms with Crippen LogP contribution < -0.4 is 4.90 Å². The van der Waals surface area contributed by atoms with Crippen LogP contribution in [0.5, 0.6) is 0 Å². The molecule has 1 fully saturated rings. The fraction of sp³-hybridized carbons (Fsp3) is 0.370. The van der Waals surface area contributed by atoms with Crippen molar-refractivity contribution in [1.82, 2.24) is 19.8 Å². The summed E-state index contributed by atoms with van der Waals surface area (Å²) in [5.74, 6) is 1.19. The lowest BCUT2D eigenvalue weighted by molar-refractivity contribution is -0.142. The highest BCUT2D eigenvalue weighted by atomic mass is 16.2. The molecule has 1 aliphatic rings. The lowest BCUT2D eigenvalue weighted by atomic mass is 9.97. The highest BCUT2D eigenvalue weighted by Crippen LogP contribution is 2.25. The molecular formula is C27H33N5O. The molecule has 0 saturated carbocycles. The van der Waals surface area contributed by atoms with Crippen LogP contribution in [0.3, 0.4) is 0 Å². The van der Waals surface area contributed by atoms with Gasteiger partial charge in [0.25, 0.3) is 0 Å². The third-order valence-corrected chi connectivity index (χ3v) is 6.22. The van der Waals surface area contributed by atoms with Crippen LogP contribution in [-0.2, 0) is 17.8 Å². The van der Waals surface area contributed by atoms with E-state index in [2.05, 4.69) is 52.1 Å². The summed E-state index contributed by atoms with van der Waals surface area (Å²) in [4.78, 5) is 28.6. The minimum absolute atomic E-state index is 0.187. The average molecular weight is 444 g/mol. The van der Waals surface area contributed by atoms with Crippen LogP contribution in [0.25, 0.3) is 11.1 Å². The molecule has 1 aliphatic heterocycles. The molecule has 3 heterocycles. The van der Waals surface area contributed by atoms with E-state index >= 15 is 0 Å². The smallest absolute Gasteiger partial charge is 0.240 e. The summed E-state index contributed by atoms with van der Waals surface area (Å²) in [6, 6.07) is 16.5. The molecule has 0 unspecified atom stereocenters. The Kier molecular flexibility index (Phi) is 7.35. The average Bonchev–Trinajstić information content (AvgIpc) is 2.84. The van der Waals surface area contributed by atoms with Gasteiger partial charge in [0, 0.05) is 64.4 Å². The summed E-state index contributed by atoms with van der Waals surface area (Å²) >= 11 is 0. The highest BCUT2D eigenvalue weighted by Gasteiger charge is 2.34. The van der Waals surface area contributed by atoms with Crippen molar-refractivity contribution < 1.29 is 4.79 Å². The van der Waals surface area contributed by atoms with E-state index in [1.54, 1.807) is 0 Å². The second-order valence-electron chi connectivity index (χ2n) is 8.83. The van der Waals surface area contributed by atoms with Crippen LogP contribution in [0.4, 0.5) is 5.82 Å². The predicted molar refractivity (Wildman–Crippen MR) is 133 cm³/mol. The zero-order valence-electron chi connectivity index (χ0n) is 19.8. The number of pyridine rings is 2. The standard InChI is InChI=1S/C27H33N5O/c1-4-15-31-16-17-32(20-24-9-6-12-29-26(24)30(2)3)25(27(31)33)19-21-7-5-8-23(18-21)22-10-13-28-14-11-22/h5-14,18,25H,4,15-17,19-20H2,1-3H3/t25-/m1/s1. The van der Waals surface area contributed by atoms with Crippen LogP contribution in [0.1, 0.15) is 24.5 Å². The van der Waals surface area contributed by atoms with Gasteiger partial charge in [-0.3, -0.25) is 14.7 Å². The minimum atomic E-state index is -0.187. The summed E-state index contributed by atoms with van der Waals surface area (Å²) in [5.41, 5.74) is 4.61. The molecule has 0 radical (unpaired) electrons. The van der Waals surface area contributed by atoms with E-state index in [1.807, 2.05) is 60.7 Å². The molecule has 6 heteroatoms. The Morgan fingerprint density at radius 1 is 1.00 bits per heavy atom. The van der Waals surface area contributed by atoms with Gasteiger partial charge in [0.1, 0.15) is 5.82 Å². The second kappa shape index (κ2) is 10.6. The van der Waals surface area contributed by atoms with Gasteiger partial charge in [0.05, 0.1) is 6.04 Å². The summed E-state index contributed by atoms with van der Waals surface area (Å²) in [7, 11) is 4.02. The fourth-order valence-electron chi connectivity index (χ4n) is 4.60. The maximum Gasteiger partial charge on any atom is 0.240 e. The van der Waals surface area contributed by atoms with Crippen molar-refractivity contribution in [3.8, 4) is 11.1 Å². The lowest BCUT2D eigenvalue weighted by Crippen LogP contribution is -2.57. The zero-order valence-corrected chi connectivity index (χ0v) is 19.8. The molecule has 1 saturated heterocycles. The molecule has 4 rings (SSSR count). The lowest BCUT2D eigenvalue weighted by Gasteiger charge is -2.41. The summed E-state index contributed by atoms with van der Waals surface area (Å²) < 4.78 is 0. The van der Waals surface area contributed by atoms with Crippen LogP contribution in [0, 0.1) is 0 Å². The van der Waals surface area contributed by atoms with E-state index in [9.17, 15) is 4.79 Å². The topological polar surface area (TPSA) is 52.6 Å². The Hall–Kier alpha value is -3.25. The van der Waals surface area contributed by atoms with Crippen molar-refractivity contribution in [3.05, 3.63) is 78.2 Å². The second-order valence-corrected chi connectivity index (χ2v) is 8.83. The molecule has 0 spiro atoms. The molecule has 3 aromatic rings. The number of hydrogen-bond donors (Lipinski definition) is 0. The van der Waals surface area contributed by atoms with Gasteiger partial charge in [-0.15, -0.1) is 0 Å². The first-order valence-electron chi connectivity index (χ1n) is 11.7. The van der Waals surface area contributed by atoms with Gasteiger partial charge in [0.15, 0.2) is 0 Å². The van der Waals surface area contributed by atoms with Crippen molar-refractivity contribution in [2.45, 2.75) is 32.4 Å². The van der Waals surface area contributed by atoms with Crippen molar-refractivity contribution in [3.63, 3.8) is 0 Å². The first-order valence-corrected chi connectivity index (χ1v) is 11.7. The Balaban J connectivity index is 1.61. The van der Waals surface area contributed by atoms with Gasteiger partial charge >= 0.3 is 0 Å². The molecular weight excluding hydrogens is 410 g/mol. The molecule has 1 aromatic carbocycles. The van der Waals surface area contributed by atoms with Gasteiger partial charge in [-0.1, -0.05) is 37.3 Å². The van der Waals surface area contributed by atoms with E-state index in [0.717, 1.165) is 48.6 Å². The third kappa shape index (κ3) is 5.40. The van der Waals surface area contributed by atoms with Gasteiger partial charge in [-0.2, -0.15) is 0 Å². The summed E-state index contributed by atoms with van der Waals surface area (Å²) in [6.07, 6.45) is 7.12. The minimum Gasteiger partial charge on any atom is -0.362 e. The van der Waals surface area contributed by atoms with Gasteiger partial charge in [0.2, 0.25) is 5.91 Å². The Labute approximate surface area is 196 Å². The number of carbonyl (C=O) groups is 1. The zero-order chi connectivity index (χ0) is 23.2. The van der Waals surface area contributed by atoms with E-state index in [0.29, 0.717) is 13.0 Å². The number of hydrogen-bond acceptors (Lipinski definition) is 5. The van der Waals surface area contributed by atoms with E-state index in [-0.39, 0.29) is 11.9 Å². The van der Waals surface area contributed by atoms with Crippen LogP contribution in [-0.4, -0.2) is 65.4 Å². The Morgan fingerprint density at radius 3 is 2.58 bits per heavy atom. The molecule has 1 amide bonds. The van der Waals surface area contributed by atoms with E-state index in [4.69, 9.17) is 0 Å². The van der Waals surface area contributed by atoms with Crippen molar-refractivity contribution in [2.24, 2.45) is 0 Å². The fourth-order valence-corrected chi connectivity index (χ4v) is 4.60. The number of amides is 1. The number of aromatic nitrogens is 2. The molecule has 0 aliphatic carbocycles. The first-order chi connectivity index (χ1) is 16.1. The largest absolute Gasteiger partial charge is 0.362 e. The maximum atomic E-state index is 13.5. The predicted octanol–water partition coefficient (Wildman–Crippen LogP) is 3.88. The van der Waals surface area contributed by atoms with Gasteiger partial charge in [-0.05, 0) is 47.7 Å². The third-order valence-electron chi connectivity index (χ3n) is 6.22. The summed E-state index contributed by atoms with van der Waals surface area (Å²) in [6.45, 7) is 5.30. The van der Waals surface area contributed by atoms with Crippen LogP contribution >= 0.6 is 0 Å². The van der Waals surface area contributed by atoms with Crippen molar-refractivity contribution >= 4 is 11.7 Å². The molecule has 6 nitrogen and oxygen atoms in total.